The molecule has 6 heteroatoms. The zero-order chi connectivity index (χ0) is 18.6. The number of rotatable bonds is 5. The Morgan fingerprint density at radius 2 is 1.96 bits per heavy atom. The summed E-state index contributed by atoms with van der Waals surface area (Å²) in [4.78, 5) is 12.6. The van der Waals surface area contributed by atoms with Gasteiger partial charge in [-0.25, -0.2) is 4.68 Å². The Bertz CT molecular complexity index is 760. The smallest absolute Gasteiger partial charge is 0.273 e. The van der Waals surface area contributed by atoms with Crippen LogP contribution in [-0.2, 0) is 4.74 Å². The number of carbonyl (C=O) groups is 1. The maximum atomic E-state index is 12.6. The lowest BCUT2D eigenvalue weighted by Crippen LogP contribution is -2.31. The quantitative estimate of drug-likeness (QED) is 0.880. The van der Waals surface area contributed by atoms with Crippen LogP contribution in [0.25, 0.3) is 0 Å². The molecule has 6 nitrogen and oxygen atoms in total. The standard InChI is InChI=1S/C21H28N4O2/c1-15-20(23-24-25(15)19-11-12-27-14-19)21(26)22-13-16-7-9-18(10-8-16)17-5-3-2-4-6-17/h2-6,16,18-19H,7-14H2,1H3,(H,22,26). The summed E-state index contributed by atoms with van der Waals surface area (Å²) in [6.07, 6.45) is 5.63. The van der Waals surface area contributed by atoms with Crippen LogP contribution >= 0.6 is 0 Å². The third-order valence-electron chi connectivity index (χ3n) is 6.06. The fourth-order valence-corrected chi connectivity index (χ4v) is 4.36. The van der Waals surface area contributed by atoms with Crippen LogP contribution in [-0.4, -0.2) is 40.7 Å². The molecule has 1 N–H and O–H groups in total. The molecular formula is C21H28N4O2. The van der Waals surface area contributed by atoms with Crippen molar-refractivity contribution in [3.8, 4) is 0 Å². The highest BCUT2D eigenvalue weighted by Gasteiger charge is 2.26. The van der Waals surface area contributed by atoms with Gasteiger partial charge in [0, 0.05) is 13.2 Å². The highest BCUT2D eigenvalue weighted by Crippen LogP contribution is 2.35. The fraction of sp³-hybridized carbons (Fsp3) is 0.571. The minimum atomic E-state index is -0.108. The van der Waals surface area contributed by atoms with E-state index in [-0.39, 0.29) is 11.9 Å². The van der Waals surface area contributed by atoms with Crippen molar-refractivity contribution in [2.75, 3.05) is 19.8 Å². The summed E-state index contributed by atoms with van der Waals surface area (Å²) in [6.45, 7) is 4.03. The van der Waals surface area contributed by atoms with E-state index in [1.807, 2.05) is 11.6 Å². The van der Waals surface area contributed by atoms with Crippen LogP contribution in [0.1, 0.15) is 65.8 Å². The molecule has 2 aromatic rings. The van der Waals surface area contributed by atoms with Crippen molar-refractivity contribution >= 4 is 5.91 Å². The lowest BCUT2D eigenvalue weighted by Gasteiger charge is -2.28. The molecule has 0 spiro atoms. The molecular weight excluding hydrogens is 340 g/mol. The van der Waals surface area contributed by atoms with E-state index in [0.29, 0.717) is 24.1 Å². The Morgan fingerprint density at radius 3 is 2.67 bits per heavy atom. The monoisotopic (exact) mass is 368 g/mol. The lowest BCUT2D eigenvalue weighted by atomic mass is 9.79. The first-order valence-electron chi connectivity index (χ1n) is 10.0. The Morgan fingerprint density at radius 1 is 1.19 bits per heavy atom. The van der Waals surface area contributed by atoms with Gasteiger partial charge >= 0.3 is 0 Å². The van der Waals surface area contributed by atoms with Gasteiger partial charge in [0.2, 0.25) is 0 Å². The van der Waals surface area contributed by atoms with Gasteiger partial charge < -0.3 is 10.1 Å². The zero-order valence-corrected chi connectivity index (χ0v) is 15.9. The molecule has 1 amide bonds. The maximum absolute atomic E-state index is 12.6. The van der Waals surface area contributed by atoms with Crippen molar-refractivity contribution in [2.24, 2.45) is 5.92 Å². The summed E-state index contributed by atoms with van der Waals surface area (Å²) >= 11 is 0. The average Bonchev–Trinajstić information content (AvgIpc) is 3.37. The first-order chi connectivity index (χ1) is 13.2. The fourth-order valence-electron chi connectivity index (χ4n) is 4.36. The number of hydrogen-bond donors (Lipinski definition) is 1. The normalized spacial score (nSPS) is 25.4. The van der Waals surface area contributed by atoms with Crippen LogP contribution < -0.4 is 5.32 Å². The van der Waals surface area contributed by atoms with E-state index in [2.05, 4.69) is 46.0 Å². The predicted octanol–water partition coefficient (Wildman–Crippen LogP) is 3.25. The van der Waals surface area contributed by atoms with Crippen molar-refractivity contribution in [3.63, 3.8) is 0 Å². The van der Waals surface area contributed by atoms with Crippen LogP contribution in [0.4, 0.5) is 0 Å². The van der Waals surface area contributed by atoms with Crippen molar-refractivity contribution in [3.05, 3.63) is 47.3 Å². The van der Waals surface area contributed by atoms with Gasteiger partial charge in [0.15, 0.2) is 5.69 Å². The summed E-state index contributed by atoms with van der Waals surface area (Å²) in [5.41, 5.74) is 2.72. The van der Waals surface area contributed by atoms with Crippen molar-refractivity contribution in [1.29, 1.82) is 0 Å². The molecule has 1 saturated carbocycles. The molecule has 2 aliphatic rings. The van der Waals surface area contributed by atoms with Crippen LogP contribution in [0.15, 0.2) is 30.3 Å². The molecule has 4 rings (SSSR count). The highest BCUT2D eigenvalue weighted by atomic mass is 16.5. The minimum Gasteiger partial charge on any atom is -0.379 e. The Labute approximate surface area is 160 Å². The zero-order valence-electron chi connectivity index (χ0n) is 15.9. The van der Waals surface area contributed by atoms with Gasteiger partial charge in [-0.3, -0.25) is 4.79 Å². The summed E-state index contributed by atoms with van der Waals surface area (Å²) in [7, 11) is 0. The molecule has 27 heavy (non-hydrogen) atoms. The maximum Gasteiger partial charge on any atom is 0.273 e. The van der Waals surface area contributed by atoms with E-state index in [0.717, 1.165) is 38.1 Å². The Balaban J connectivity index is 1.28. The summed E-state index contributed by atoms with van der Waals surface area (Å²) in [6, 6.07) is 11.0. The van der Waals surface area contributed by atoms with Crippen molar-refractivity contribution in [1.82, 2.24) is 20.3 Å². The largest absolute Gasteiger partial charge is 0.379 e. The first-order valence-corrected chi connectivity index (χ1v) is 10.0. The van der Waals surface area contributed by atoms with Crippen molar-refractivity contribution < 1.29 is 9.53 Å². The molecule has 1 saturated heterocycles. The van der Waals surface area contributed by atoms with Crippen molar-refractivity contribution in [2.45, 2.75) is 51.0 Å². The van der Waals surface area contributed by atoms with E-state index in [1.54, 1.807) is 0 Å². The first kappa shape index (κ1) is 18.2. The number of amides is 1. The molecule has 2 fully saturated rings. The molecule has 1 aromatic carbocycles. The number of carbonyl (C=O) groups excluding carboxylic acids is 1. The van der Waals surface area contributed by atoms with E-state index in [9.17, 15) is 4.79 Å². The molecule has 1 unspecified atom stereocenters. The van der Waals surface area contributed by atoms with Gasteiger partial charge in [-0.1, -0.05) is 35.5 Å². The number of nitrogens with zero attached hydrogens (tertiary/aromatic N) is 3. The third kappa shape index (κ3) is 4.05. The number of aromatic nitrogens is 3. The van der Waals surface area contributed by atoms with Gasteiger partial charge in [0.1, 0.15) is 0 Å². The molecule has 0 bridgehead atoms. The van der Waals surface area contributed by atoms with Gasteiger partial charge in [0.05, 0.1) is 18.3 Å². The number of ether oxygens (including phenoxy) is 1. The third-order valence-corrected chi connectivity index (χ3v) is 6.06. The number of nitrogens with one attached hydrogen (secondary N) is 1. The van der Waals surface area contributed by atoms with E-state index < -0.39 is 0 Å². The number of hydrogen-bond acceptors (Lipinski definition) is 4. The number of benzene rings is 1. The van der Waals surface area contributed by atoms with Crippen LogP contribution in [0.5, 0.6) is 0 Å². The molecule has 2 heterocycles. The Hall–Kier alpha value is -2.21. The van der Waals surface area contributed by atoms with E-state index >= 15 is 0 Å². The van der Waals surface area contributed by atoms with Gasteiger partial charge in [-0.15, -0.1) is 5.10 Å². The summed E-state index contributed by atoms with van der Waals surface area (Å²) < 4.78 is 7.25. The van der Waals surface area contributed by atoms with E-state index in [4.69, 9.17) is 4.74 Å². The second-order valence-corrected chi connectivity index (χ2v) is 7.82. The lowest BCUT2D eigenvalue weighted by molar-refractivity contribution is 0.0937. The van der Waals surface area contributed by atoms with Crippen LogP contribution in [0, 0.1) is 12.8 Å². The highest BCUT2D eigenvalue weighted by molar-refractivity contribution is 5.93. The topological polar surface area (TPSA) is 69.0 Å². The molecule has 1 aliphatic carbocycles. The summed E-state index contributed by atoms with van der Waals surface area (Å²) in [5, 5.41) is 11.4. The van der Waals surface area contributed by atoms with Gasteiger partial charge in [-0.05, 0) is 56.4 Å². The van der Waals surface area contributed by atoms with E-state index in [1.165, 1.54) is 18.4 Å². The molecule has 1 aromatic heterocycles. The average molecular weight is 368 g/mol. The van der Waals surface area contributed by atoms with Gasteiger partial charge in [-0.2, -0.15) is 0 Å². The Kier molecular flexibility index (Phi) is 5.53. The molecule has 144 valence electrons. The molecule has 0 radical (unpaired) electrons. The second kappa shape index (κ2) is 8.21. The minimum absolute atomic E-state index is 0.108. The summed E-state index contributed by atoms with van der Waals surface area (Å²) in [5.74, 6) is 1.10. The molecule has 1 atom stereocenters. The van der Waals surface area contributed by atoms with Crippen LogP contribution in [0.3, 0.4) is 0 Å². The second-order valence-electron chi connectivity index (χ2n) is 7.82. The predicted molar refractivity (Wildman–Crippen MR) is 103 cm³/mol. The molecule has 1 aliphatic heterocycles. The van der Waals surface area contributed by atoms with Gasteiger partial charge in [0.25, 0.3) is 5.91 Å². The SMILES string of the molecule is Cc1c(C(=O)NCC2CCC(c3ccccc3)CC2)nnn1C1CCOC1. The van der Waals surface area contributed by atoms with Crippen LogP contribution in [0.2, 0.25) is 0 Å².